The number of ether oxygens (including phenoxy) is 1. The molecule has 0 bridgehead atoms. The van der Waals surface area contributed by atoms with Crippen molar-refractivity contribution in [1.29, 1.82) is 0 Å². The van der Waals surface area contributed by atoms with Crippen LogP contribution in [-0.2, 0) is 4.79 Å². The first-order chi connectivity index (χ1) is 5.84. The lowest BCUT2D eigenvalue weighted by Crippen LogP contribution is -1.98. The second kappa shape index (κ2) is 4.49. The molecule has 3 heteroatoms. The fraction of sp³-hybridized carbons (Fsp3) is 0.222. The van der Waals surface area contributed by atoms with Crippen LogP contribution >= 0.6 is 0 Å². The lowest BCUT2D eigenvalue weighted by atomic mass is 10.3. The van der Waals surface area contributed by atoms with Crippen molar-refractivity contribution in [3.63, 3.8) is 0 Å². The quantitative estimate of drug-likeness (QED) is 0.638. The van der Waals surface area contributed by atoms with Gasteiger partial charge in [-0.15, -0.1) is 0 Å². The Morgan fingerprint density at radius 1 is 1.42 bits per heavy atom. The molecule has 0 amide bonds. The molecule has 0 aliphatic heterocycles. The summed E-state index contributed by atoms with van der Waals surface area (Å²) in [5.74, 6) is -0.240. The van der Waals surface area contributed by atoms with Gasteiger partial charge in [0.15, 0.2) is 11.6 Å². The Morgan fingerprint density at radius 2 is 2.17 bits per heavy atom. The van der Waals surface area contributed by atoms with E-state index in [-0.39, 0.29) is 18.8 Å². The van der Waals surface area contributed by atoms with Crippen molar-refractivity contribution in [1.82, 2.24) is 0 Å². The summed E-state index contributed by atoms with van der Waals surface area (Å²) >= 11 is 0. The smallest absolute Gasteiger partial charge is 0.201 e. The summed E-state index contributed by atoms with van der Waals surface area (Å²) in [6, 6.07) is 6.07. The summed E-state index contributed by atoms with van der Waals surface area (Å²) < 4.78 is 17.7. The third-order valence-electron chi connectivity index (χ3n) is 1.30. The highest BCUT2D eigenvalue weighted by atomic mass is 19.1. The van der Waals surface area contributed by atoms with E-state index < -0.39 is 5.82 Å². The van der Waals surface area contributed by atoms with E-state index in [0.29, 0.717) is 0 Å². The molecule has 1 radical (unpaired) electrons. The van der Waals surface area contributed by atoms with Crippen LogP contribution in [-0.4, -0.2) is 12.9 Å². The van der Waals surface area contributed by atoms with Crippen molar-refractivity contribution in [2.45, 2.75) is 6.42 Å². The number of halogens is 1. The third kappa shape index (κ3) is 2.34. The van der Waals surface area contributed by atoms with Crippen LogP contribution in [0.3, 0.4) is 0 Å². The van der Waals surface area contributed by atoms with Crippen molar-refractivity contribution in [2.75, 3.05) is 6.61 Å². The standard InChI is InChI=1S/C9H8FO2/c10-8-4-1-2-5-9(8)12-7-3-6-11/h1-2,4-5H,3,7H2. The van der Waals surface area contributed by atoms with Gasteiger partial charge in [-0.25, -0.2) is 4.39 Å². The first-order valence-corrected chi connectivity index (χ1v) is 3.57. The van der Waals surface area contributed by atoms with Crippen molar-refractivity contribution in [3.8, 4) is 5.75 Å². The van der Waals surface area contributed by atoms with Crippen LogP contribution < -0.4 is 4.74 Å². The predicted octanol–water partition coefficient (Wildman–Crippen LogP) is 1.70. The fourth-order valence-electron chi connectivity index (χ4n) is 0.764. The predicted molar refractivity (Wildman–Crippen MR) is 42.2 cm³/mol. The lowest BCUT2D eigenvalue weighted by molar-refractivity contribution is 0.309. The zero-order valence-corrected chi connectivity index (χ0v) is 6.42. The molecule has 0 aromatic heterocycles. The molecule has 63 valence electrons. The second-order valence-electron chi connectivity index (χ2n) is 2.17. The Balaban J connectivity index is 2.51. The maximum absolute atomic E-state index is 12.8. The first kappa shape index (κ1) is 8.71. The number of hydrogen-bond donors (Lipinski definition) is 0. The van der Waals surface area contributed by atoms with Crippen LogP contribution in [0.25, 0.3) is 0 Å². The molecule has 2 nitrogen and oxygen atoms in total. The lowest BCUT2D eigenvalue weighted by Gasteiger charge is -2.03. The summed E-state index contributed by atoms with van der Waals surface area (Å²) in [5.41, 5.74) is 0. The number of rotatable bonds is 4. The zero-order valence-electron chi connectivity index (χ0n) is 6.42. The maximum Gasteiger partial charge on any atom is 0.201 e. The molecule has 0 saturated heterocycles. The van der Waals surface area contributed by atoms with Gasteiger partial charge < -0.3 is 4.74 Å². The monoisotopic (exact) mass is 167 g/mol. The minimum absolute atomic E-state index is 0.161. The number of carbonyl (C=O) groups excluding carboxylic acids is 1. The van der Waals surface area contributed by atoms with Crippen LogP contribution in [0.1, 0.15) is 6.42 Å². The Morgan fingerprint density at radius 3 is 2.83 bits per heavy atom. The van der Waals surface area contributed by atoms with Gasteiger partial charge in [-0.05, 0) is 12.1 Å². The average molecular weight is 167 g/mol. The molecule has 1 aromatic carbocycles. The van der Waals surface area contributed by atoms with Crippen LogP contribution in [0.15, 0.2) is 24.3 Å². The van der Waals surface area contributed by atoms with E-state index in [0.717, 1.165) is 0 Å². The normalized spacial score (nSPS) is 9.42. The van der Waals surface area contributed by atoms with Gasteiger partial charge in [0.1, 0.15) is 0 Å². The summed E-state index contributed by atoms with van der Waals surface area (Å²) in [5, 5.41) is 0. The van der Waals surface area contributed by atoms with Gasteiger partial charge in [-0.3, -0.25) is 4.79 Å². The van der Waals surface area contributed by atoms with Gasteiger partial charge in [0.05, 0.1) is 6.61 Å². The molecular weight excluding hydrogens is 159 g/mol. The number of para-hydroxylation sites is 1. The maximum atomic E-state index is 12.8. The topological polar surface area (TPSA) is 26.3 Å². The third-order valence-corrected chi connectivity index (χ3v) is 1.30. The average Bonchev–Trinajstić information content (AvgIpc) is 2.09. The van der Waals surface area contributed by atoms with Gasteiger partial charge in [0, 0.05) is 6.42 Å². The van der Waals surface area contributed by atoms with Gasteiger partial charge in [0.2, 0.25) is 6.29 Å². The molecule has 0 fully saturated rings. The van der Waals surface area contributed by atoms with Crippen molar-refractivity contribution in [3.05, 3.63) is 30.1 Å². The van der Waals surface area contributed by atoms with E-state index in [1.54, 1.807) is 18.4 Å². The molecule has 0 N–H and O–H groups in total. The highest BCUT2D eigenvalue weighted by Crippen LogP contribution is 2.14. The Labute approximate surface area is 70.0 Å². The van der Waals surface area contributed by atoms with E-state index in [1.165, 1.54) is 12.1 Å². The van der Waals surface area contributed by atoms with Crippen molar-refractivity contribution >= 4 is 6.29 Å². The van der Waals surface area contributed by atoms with E-state index >= 15 is 0 Å². The molecular formula is C9H8FO2. The molecule has 1 aromatic rings. The summed E-state index contributed by atoms with van der Waals surface area (Å²) in [6.07, 6.45) is 1.82. The van der Waals surface area contributed by atoms with E-state index in [1.807, 2.05) is 0 Å². The molecule has 0 unspecified atom stereocenters. The van der Waals surface area contributed by atoms with Gasteiger partial charge in [0.25, 0.3) is 0 Å². The van der Waals surface area contributed by atoms with Crippen molar-refractivity contribution in [2.24, 2.45) is 0 Å². The van der Waals surface area contributed by atoms with Crippen LogP contribution in [0, 0.1) is 5.82 Å². The fourth-order valence-corrected chi connectivity index (χ4v) is 0.764. The minimum atomic E-state index is -0.414. The molecule has 0 aliphatic rings. The van der Waals surface area contributed by atoms with Gasteiger partial charge >= 0.3 is 0 Å². The number of hydrogen-bond acceptors (Lipinski definition) is 2. The van der Waals surface area contributed by atoms with Crippen LogP contribution in [0.4, 0.5) is 4.39 Å². The zero-order chi connectivity index (χ0) is 8.81. The summed E-state index contributed by atoms with van der Waals surface area (Å²) in [7, 11) is 0. The second-order valence-corrected chi connectivity index (χ2v) is 2.17. The molecule has 0 heterocycles. The first-order valence-electron chi connectivity index (χ1n) is 3.57. The van der Waals surface area contributed by atoms with Crippen LogP contribution in [0.2, 0.25) is 0 Å². The molecule has 0 atom stereocenters. The molecule has 0 aliphatic carbocycles. The summed E-state index contributed by atoms with van der Waals surface area (Å²) in [6.45, 7) is 0.171. The Kier molecular flexibility index (Phi) is 3.26. The SMILES string of the molecule is O=[C]CCOc1ccccc1F. The highest BCUT2D eigenvalue weighted by molar-refractivity contribution is 5.50. The summed E-state index contributed by atoms with van der Waals surface area (Å²) in [4.78, 5) is 9.78. The van der Waals surface area contributed by atoms with Gasteiger partial charge in [-0.1, -0.05) is 12.1 Å². The molecule has 0 saturated carbocycles. The van der Waals surface area contributed by atoms with E-state index in [4.69, 9.17) is 4.74 Å². The van der Waals surface area contributed by atoms with E-state index in [2.05, 4.69) is 0 Å². The van der Waals surface area contributed by atoms with Crippen molar-refractivity contribution < 1.29 is 13.9 Å². The molecule has 12 heavy (non-hydrogen) atoms. The highest BCUT2D eigenvalue weighted by Gasteiger charge is 1.99. The van der Waals surface area contributed by atoms with E-state index in [9.17, 15) is 9.18 Å². The number of benzene rings is 1. The van der Waals surface area contributed by atoms with Gasteiger partial charge in [-0.2, -0.15) is 0 Å². The molecule has 1 rings (SSSR count). The largest absolute Gasteiger partial charge is 0.490 e. The Bertz CT molecular complexity index is 260. The minimum Gasteiger partial charge on any atom is -0.490 e. The van der Waals surface area contributed by atoms with Crippen LogP contribution in [0.5, 0.6) is 5.75 Å². The molecule has 0 spiro atoms. The Hall–Kier alpha value is -1.38.